The highest BCUT2D eigenvalue weighted by Crippen LogP contribution is 2.16. The lowest BCUT2D eigenvalue weighted by Crippen LogP contribution is -2.30. The molecule has 0 unspecified atom stereocenters. The van der Waals surface area contributed by atoms with Crippen molar-refractivity contribution in [1.82, 2.24) is 0 Å². The van der Waals surface area contributed by atoms with Crippen LogP contribution in [0, 0.1) is 11.8 Å². The van der Waals surface area contributed by atoms with E-state index in [2.05, 4.69) is 34.6 Å². The Balaban J connectivity index is 4.24. The van der Waals surface area contributed by atoms with Crippen molar-refractivity contribution in [2.75, 3.05) is 13.2 Å². The SMILES string of the molecule is CCCCCCCC(=O)OC[C@H](COC(=O)CCCCCCCCCCCCC(C)C)OC(=O)CCCCCCCCCCCC(C)C. The Morgan fingerprint density at radius 3 is 1.02 bits per heavy atom. The zero-order valence-corrected chi connectivity index (χ0v) is 32.6. The fourth-order valence-corrected chi connectivity index (χ4v) is 6.05. The minimum Gasteiger partial charge on any atom is -0.462 e. The van der Waals surface area contributed by atoms with Crippen LogP contribution in [0.2, 0.25) is 0 Å². The smallest absolute Gasteiger partial charge is 0.306 e. The van der Waals surface area contributed by atoms with Gasteiger partial charge in [-0.2, -0.15) is 0 Å². The molecule has 6 heteroatoms. The molecular formula is C42H80O6. The molecule has 0 N–H and O–H groups in total. The molecule has 0 bridgehead atoms. The van der Waals surface area contributed by atoms with E-state index in [4.69, 9.17) is 14.2 Å². The van der Waals surface area contributed by atoms with E-state index in [0.29, 0.717) is 19.3 Å². The largest absolute Gasteiger partial charge is 0.462 e. The molecular weight excluding hydrogens is 600 g/mol. The average Bonchev–Trinajstić information content (AvgIpc) is 3.04. The molecule has 1 atom stereocenters. The van der Waals surface area contributed by atoms with Gasteiger partial charge >= 0.3 is 17.9 Å². The lowest BCUT2D eigenvalue weighted by molar-refractivity contribution is -0.167. The second kappa shape index (κ2) is 35.2. The summed E-state index contributed by atoms with van der Waals surface area (Å²) in [6, 6.07) is 0. The molecule has 0 aromatic heterocycles. The van der Waals surface area contributed by atoms with Gasteiger partial charge in [-0.15, -0.1) is 0 Å². The predicted octanol–water partition coefficient (Wildman–Crippen LogP) is 12.6. The van der Waals surface area contributed by atoms with E-state index >= 15 is 0 Å². The van der Waals surface area contributed by atoms with Gasteiger partial charge < -0.3 is 14.2 Å². The first kappa shape index (κ1) is 46.4. The average molecular weight is 681 g/mol. The highest BCUT2D eigenvalue weighted by Gasteiger charge is 2.19. The second-order valence-corrected chi connectivity index (χ2v) is 15.2. The molecule has 0 heterocycles. The van der Waals surface area contributed by atoms with E-state index in [1.807, 2.05) is 0 Å². The zero-order valence-electron chi connectivity index (χ0n) is 32.6. The third kappa shape index (κ3) is 35.7. The summed E-state index contributed by atoms with van der Waals surface area (Å²) in [7, 11) is 0. The lowest BCUT2D eigenvalue weighted by Gasteiger charge is -2.18. The molecule has 0 rings (SSSR count). The van der Waals surface area contributed by atoms with Gasteiger partial charge in [0.2, 0.25) is 0 Å². The molecule has 0 fully saturated rings. The number of esters is 3. The van der Waals surface area contributed by atoms with E-state index in [1.165, 1.54) is 103 Å². The maximum Gasteiger partial charge on any atom is 0.306 e. The topological polar surface area (TPSA) is 78.9 Å². The van der Waals surface area contributed by atoms with Gasteiger partial charge in [-0.25, -0.2) is 0 Å². The predicted molar refractivity (Wildman–Crippen MR) is 201 cm³/mol. The first-order valence-electron chi connectivity index (χ1n) is 20.7. The fourth-order valence-electron chi connectivity index (χ4n) is 6.05. The van der Waals surface area contributed by atoms with Gasteiger partial charge in [0.25, 0.3) is 0 Å². The van der Waals surface area contributed by atoms with Gasteiger partial charge in [0.1, 0.15) is 13.2 Å². The van der Waals surface area contributed by atoms with Crippen molar-refractivity contribution in [1.29, 1.82) is 0 Å². The van der Waals surface area contributed by atoms with E-state index in [-0.39, 0.29) is 31.1 Å². The summed E-state index contributed by atoms with van der Waals surface area (Å²) in [5, 5.41) is 0. The first-order chi connectivity index (χ1) is 23.2. The third-order valence-corrected chi connectivity index (χ3v) is 9.22. The molecule has 0 radical (unpaired) electrons. The standard InChI is InChI=1S/C42H80O6/c1-6-7-8-20-27-32-40(43)46-35-39(48-42(45)34-29-24-19-15-11-13-17-22-26-31-38(4)5)36-47-41(44)33-28-23-18-14-10-9-12-16-21-25-30-37(2)3/h37-39H,6-36H2,1-5H3/t39-/m1/s1. The molecule has 6 nitrogen and oxygen atoms in total. The molecule has 0 amide bonds. The minimum atomic E-state index is -0.758. The summed E-state index contributed by atoms with van der Waals surface area (Å²) in [4.78, 5) is 37.3. The van der Waals surface area contributed by atoms with Crippen LogP contribution in [0.1, 0.15) is 221 Å². The van der Waals surface area contributed by atoms with Crippen molar-refractivity contribution in [3.8, 4) is 0 Å². The van der Waals surface area contributed by atoms with Crippen molar-refractivity contribution in [2.24, 2.45) is 11.8 Å². The van der Waals surface area contributed by atoms with Crippen molar-refractivity contribution in [2.45, 2.75) is 227 Å². The van der Waals surface area contributed by atoms with Crippen LogP contribution in [0.5, 0.6) is 0 Å². The fraction of sp³-hybridized carbons (Fsp3) is 0.929. The van der Waals surface area contributed by atoms with E-state index < -0.39 is 6.10 Å². The van der Waals surface area contributed by atoms with Crippen LogP contribution in [-0.4, -0.2) is 37.2 Å². The van der Waals surface area contributed by atoms with E-state index in [1.54, 1.807) is 0 Å². The second-order valence-electron chi connectivity index (χ2n) is 15.2. The third-order valence-electron chi connectivity index (χ3n) is 9.22. The van der Waals surface area contributed by atoms with Crippen LogP contribution in [0.3, 0.4) is 0 Å². The van der Waals surface area contributed by atoms with Gasteiger partial charge in [-0.1, -0.05) is 182 Å². The molecule has 0 saturated heterocycles. The molecule has 284 valence electrons. The Kier molecular flexibility index (Phi) is 34.1. The number of rotatable bonds is 36. The summed E-state index contributed by atoms with van der Waals surface area (Å²) in [5.74, 6) is 0.747. The number of hydrogen-bond donors (Lipinski definition) is 0. The quantitative estimate of drug-likeness (QED) is 0.0372. The summed E-state index contributed by atoms with van der Waals surface area (Å²) >= 11 is 0. The Morgan fingerprint density at radius 1 is 0.396 bits per heavy atom. The summed E-state index contributed by atoms with van der Waals surface area (Å²) < 4.78 is 16.5. The van der Waals surface area contributed by atoms with E-state index in [9.17, 15) is 14.4 Å². The zero-order chi connectivity index (χ0) is 35.5. The van der Waals surface area contributed by atoms with Crippen molar-refractivity contribution in [3.63, 3.8) is 0 Å². The van der Waals surface area contributed by atoms with Crippen molar-refractivity contribution >= 4 is 17.9 Å². The lowest BCUT2D eigenvalue weighted by atomic mass is 10.0. The van der Waals surface area contributed by atoms with Crippen molar-refractivity contribution in [3.05, 3.63) is 0 Å². The number of carbonyl (C=O) groups is 3. The van der Waals surface area contributed by atoms with Crippen LogP contribution >= 0.6 is 0 Å². The number of hydrogen-bond acceptors (Lipinski definition) is 6. The Hall–Kier alpha value is -1.59. The van der Waals surface area contributed by atoms with Gasteiger partial charge in [0, 0.05) is 19.3 Å². The summed E-state index contributed by atoms with van der Waals surface area (Å²) in [6.07, 6.45) is 31.2. The van der Waals surface area contributed by atoms with Gasteiger partial charge in [0.15, 0.2) is 6.10 Å². The molecule has 0 aliphatic carbocycles. The Labute approximate surface area is 298 Å². The first-order valence-corrected chi connectivity index (χ1v) is 20.7. The molecule has 0 aliphatic rings. The minimum absolute atomic E-state index is 0.0668. The van der Waals surface area contributed by atoms with Crippen LogP contribution in [0.25, 0.3) is 0 Å². The highest BCUT2D eigenvalue weighted by atomic mass is 16.6. The van der Waals surface area contributed by atoms with Crippen molar-refractivity contribution < 1.29 is 28.6 Å². The van der Waals surface area contributed by atoms with Crippen LogP contribution in [-0.2, 0) is 28.6 Å². The van der Waals surface area contributed by atoms with Gasteiger partial charge in [0.05, 0.1) is 0 Å². The maximum atomic E-state index is 12.6. The van der Waals surface area contributed by atoms with Gasteiger partial charge in [-0.05, 0) is 31.1 Å². The normalized spacial score (nSPS) is 12.1. The van der Waals surface area contributed by atoms with Crippen LogP contribution < -0.4 is 0 Å². The van der Waals surface area contributed by atoms with Gasteiger partial charge in [-0.3, -0.25) is 14.4 Å². The number of unbranched alkanes of at least 4 members (excludes halogenated alkanes) is 21. The maximum absolute atomic E-state index is 12.6. The number of carbonyl (C=O) groups excluding carboxylic acids is 3. The summed E-state index contributed by atoms with van der Waals surface area (Å²) in [6.45, 7) is 11.2. The molecule has 48 heavy (non-hydrogen) atoms. The van der Waals surface area contributed by atoms with E-state index in [0.717, 1.165) is 76.0 Å². The Bertz CT molecular complexity index is 734. The number of ether oxygens (including phenoxy) is 3. The molecule has 0 saturated carbocycles. The Morgan fingerprint density at radius 2 is 0.688 bits per heavy atom. The molecule has 0 aliphatic heterocycles. The van der Waals surface area contributed by atoms with Crippen LogP contribution in [0.15, 0.2) is 0 Å². The van der Waals surface area contributed by atoms with Crippen LogP contribution in [0.4, 0.5) is 0 Å². The highest BCUT2D eigenvalue weighted by molar-refractivity contribution is 5.71. The molecule has 0 spiro atoms. The summed E-state index contributed by atoms with van der Waals surface area (Å²) in [5.41, 5.74) is 0. The molecule has 0 aromatic carbocycles. The molecule has 0 aromatic rings. The monoisotopic (exact) mass is 681 g/mol.